The van der Waals surface area contributed by atoms with Gasteiger partial charge in [-0.2, -0.15) is 0 Å². The van der Waals surface area contributed by atoms with Gasteiger partial charge in [-0.3, -0.25) is 0 Å². The number of sulfonamides is 1. The molecule has 0 spiro atoms. The highest BCUT2D eigenvalue weighted by atomic mass is 35.5. The Kier molecular flexibility index (Phi) is 5.48. The van der Waals surface area contributed by atoms with E-state index in [4.69, 9.17) is 17.3 Å². The lowest BCUT2D eigenvalue weighted by Gasteiger charge is -2.20. The lowest BCUT2D eigenvalue weighted by atomic mass is 10.2. The first-order chi connectivity index (χ1) is 9.88. The van der Waals surface area contributed by atoms with Gasteiger partial charge in [0.05, 0.1) is 15.6 Å². The Balaban J connectivity index is 1.92. The average Bonchev–Trinajstić information content (AvgIpc) is 2.92. The highest BCUT2D eigenvalue weighted by molar-refractivity contribution is 7.89. The fourth-order valence-electron chi connectivity index (χ4n) is 2.49. The minimum atomic E-state index is -3.54. The maximum absolute atomic E-state index is 12.2. The highest BCUT2D eigenvalue weighted by Gasteiger charge is 2.18. The molecule has 1 aliphatic rings. The lowest BCUT2D eigenvalue weighted by molar-refractivity contribution is 0.288. The molecular weight excluding hydrogens is 310 g/mol. The summed E-state index contributed by atoms with van der Waals surface area (Å²) < 4.78 is 27.1. The number of hydrogen-bond acceptors (Lipinski definition) is 4. The van der Waals surface area contributed by atoms with Gasteiger partial charge in [0.25, 0.3) is 0 Å². The molecule has 0 aromatic heterocycles. The van der Waals surface area contributed by atoms with Crippen molar-refractivity contribution in [1.29, 1.82) is 0 Å². The molecular formula is C14H22ClN3O2S. The second-order valence-corrected chi connectivity index (χ2v) is 7.82. The maximum Gasteiger partial charge on any atom is 0.240 e. The molecule has 0 saturated carbocycles. The summed E-state index contributed by atoms with van der Waals surface area (Å²) in [5.74, 6) is 0.266. The van der Waals surface area contributed by atoms with E-state index in [9.17, 15) is 8.42 Å². The number of hydrogen-bond donors (Lipinski definition) is 2. The van der Waals surface area contributed by atoms with Crippen molar-refractivity contribution in [2.24, 2.45) is 5.92 Å². The lowest BCUT2D eigenvalue weighted by Crippen LogP contribution is -2.34. The van der Waals surface area contributed by atoms with E-state index < -0.39 is 10.0 Å². The van der Waals surface area contributed by atoms with Crippen molar-refractivity contribution in [1.82, 2.24) is 9.62 Å². The van der Waals surface area contributed by atoms with Crippen molar-refractivity contribution in [2.75, 3.05) is 31.9 Å². The second kappa shape index (κ2) is 6.96. The number of benzene rings is 1. The van der Waals surface area contributed by atoms with Crippen LogP contribution < -0.4 is 10.5 Å². The smallest absolute Gasteiger partial charge is 0.240 e. The van der Waals surface area contributed by atoms with Crippen molar-refractivity contribution in [3.05, 3.63) is 23.2 Å². The molecule has 1 aromatic rings. The molecule has 0 aliphatic carbocycles. The van der Waals surface area contributed by atoms with Crippen LogP contribution >= 0.6 is 11.6 Å². The molecule has 1 unspecified atom stereocenters. The monoisotopic (exact) mass is 331 g/mol. The largest absolute Gasteiger partial charge is 0.397 e. The highest BCUT2D eigenvalue weighted by Crippen LogP contribution is 2.22. The SMILES string of the molecule is CC(CNS(=O)(=O)c1ccc(Cl)c(N)c1)CN1CCCC1. The first-order valence-corrected chi connectivity index (χ1v) is 9.01. The molecule has 0 amide bonds. The predicted octanol–water partition coefficient (Wildman–Crippen LogP) is 1.93. The van der Waals surface area contributed by atoms with Crippen molar-refractivity contribution in [3.8, 4) is 0 Å². The molecule has 5 nitrogen and oxygen atoms in total. The van der Waals surface area contributed by atoms with E-state index in [0.717, 1.165) is 19.6 Å². The van der Waals surface area contributed by atoms with Crippen molar-refractivity contribution in [2.45, 2.75) is 24.7 Å². The Morgan fingerprint density at radius 3 is 2.67 bits per heavy atom. The molecule has 1 fully saturated rings. The predicted molar refractivity (Wildman–Crippen MR) is 85.9 cm³/mol. The molecule has 7 heteroatoms. The van der Waals surface area contributed by atoms with Crippen molar-refractivity contribution < 1.29 is 8.42 Å². The third-order valence-electron chi connectivity index (χ3n) is 3.67. The van der Waals surface area contributed by atoms with Gasteiger partial charge < -0.3 is 10.6 Å². The van der Waals surface area contributed by atoms with Crippen molar-refractivity contribution in [3.63, 3.8) is 0 Å². The molecule has 2 rings (SSSR count). The molecule has 0 radical (unpaired) electrons. The molecule has 1 saturated heterocycles. The molecule has 1 atom stereocenters. The number of anilines is 1. The normalized spacial score (nSPS) is 18.0. The molecule has 0 bridgehead atoms. The van der Waals surface area contributed by atoms with E-state index in [0.29, 0.717) is 11.6 Å². The van der Waals surface area contributed by atoms with Gasteiger partial charge in [0, 0.05) is 13.1 Å². The summed E-state index contributed by atoms with van der Waals surface area (Å²) in [6.07, 6.45) is 2.48. The maximum atomic E-state index is 12.2. The summed E-state index contributed by atoms with van der Waals surface area (Å²) in [5, 5.41) is 0.358. The quantitative estimate of drug-likeness (QED) is 0.781. The summed E-state index contributed by atoms with van der Waals surface area (Å²) >= 11 is 5.81. The Hall–Kier alpha value is -0.820. The average molecular weight is 332 g/mol. The van der Waals surface area contributed by atoms with Gasteiger partial charge in [0.15, 0.2) is 0 Å². The summed E-state index contributed by atoms with van der Waals surface area (Å²) in [6, 6.07) is 4.35. The van der Waals surface area contributed by atoms with Gasteiger partial charge in [-0.05, 0) is 50.0 Å². The van der Waals surface area contributed by atoms with Crippen LogP contribution in [-0.4, -0.2) is 39.5 Å². The Bertz CT molecular complexity index is 586. The van der Waals surface area contributed by atoms with Gasteiger partial charge in [-0.1, -0.05) is 18.5 Å². The topological polar surface area (TPSA) is 75.4 Å². The minimum Gasteiger partial charge on any atom is -0.397 e. The number of likely N-dealkylation sites (tertiary alicyclic amines) is 1. The van der Waals surface area contributed by atoms with Crippen molar-refractivity contribution >= 4 is 27.3 Å². The first kappa shape index (κ1) is 16.5. The summed E-state index contributed by atoms with van der Waals surface area (Å²) in [5.41, 5.74) is 5.92. The standard InChI is InChI=1S/C14H22ClN3O2S/c1-11(10-18-6-2-3-7-18)9-17-21(19,20)12-4-5-13(15)14(16)8-12/h4-5,8,11,17H,2-3,6-7,9-10,16H2,1H3. The molecule has 1 heterocycles. The zero-order valence-electron chi connectivity index (χ0n) is 12.2. The first-order valence-electron chi connectivity index (χ1n) is 7.15. The summed E-state index contributed by atoms with van der Waals surface area (Å²) in [7, 11) is -3.54. The van der Waals surface area contributed by atoms with E-state index in [-0.39, 0.29) is 16.5 Å². The minimum absolute atomic E-state index is 0.151. The number of nitrogens with zero attached hydrogens (tertiary/aromatic N) is 1. The fraction of sp³-hybridized carbons (Fsp3) is 0.571. The Morgan fingerprint density at radius 1 is 1.38 bits per heavy atom. The summed E-state index contributed by atoms with van der Waals surface area (Å²) in [4.78, 5) is 2.52. The van der Waals surface area contributed by atoms with Crippen LogP contribution in [0.5, 0.6) is 0 Å². The van der Waals surface area contributed by atoms with E-state index in [2.05, 4.69) is 16.5 Å². The van der Waals surface area contributed by atoms with Crippen LogP contribution in [0.3, 0.4) is 0 Å². The zero-order chi connectivity index (χ0) is 15.5. The van der Waals surface area contributed by atoms with Crippen LogP contribution in [0, 0.1) is 5.92 Å². The zero-order valence-corrected chi connectivity index (χ0v) is 13.8. The fourth-order valence-corrected chi connectivity index (χ4v) is 3.81. The van der Waals surface area contributed by atoms with E-state index in [1.54, 1.807) is 0 Å². The number of nitrogen functional groups attached to an aromatic ring is 1. The van der Waals surface area contributed by atoms with Gasteiger partial charge in [0.2, 0.25) is 10.0 Å². The van der Waals surface area contributed by atoms with Crippen LogP contribution in [0.15, 0.2) is 23.1 Å². The number of nitrogens with two attached hydrogens (primary N) is 1. The van der Waals surface area contributed by atoms with Crippen LogP contribution in [-0.2, 0) is 10.0 Å². The number of rotatable bonds is 6. The van der Waals surface area contributed by atoms with E-state index in [1.807, 2.05) is 0 Å². The van der Waals surface area contributed by atoms with Gasteiger partial charge in [-0.25, -0.2) is 13.1 Å². The summed E-state index contributed by atoms with van der Waals surface area (Å²) in [6.45, 7) is 5.62. The second-order valence-electron chi connectivity index (χ2n) is 5.65. The third-order valence-corrected chi connectivity index (χ3v) is 5.43. The van der Waals surface area contributed by atoms with Gasteiger partial charge >= 0.3 is 0 Å². The molecule has 3 N–H and O–H groups in total. The number of halogens is 1. The van der Waals surface area contributed by atoms with E-state index >= 15 is 0 Å². The molecule has 21 heavy (non-hydrogen) atoms. The molecule has 1 aliphatic heterocycles. The van der Waals surface area contributed by atoms with Crippen LogP contribution in [0.2, 0.25) is 5.02 Å². The Labute approximate surface area is 131 Å². The van der Waals surface area contributed by atoms with E-state index in [1.165, 1.54) is 31.0 Å². The molecule has 118 valence electrons. The van der Waals surface area contributed by atoms with Crippen LogP contribution in [0.25, 0.3) is 0 Å². The van der Waals surface area contributed by atoms with Gasteiger partial charge in [-0.15, -0.1) is 0 Å². The Morgan fingerprint density at radius 2 is 2.05 bits per heavy atom. The molecule has 1 aromatic carbocycles. The van der Waals surface area contributed by atoms with Gasteiger partial charge in [0.1, 0.15) is 0 Å². The number of nitrogens with one attached hydrogen (secondary N) is 1. The van der Waals surface area contributed by atoms with Crippen LogP contribution in [0.4, 0.5) is 5.69 Å². The van der Waals surface area contributed by atoms with Crippen LogP contribution in [0.1, 0.15) is 19.8 Å². The third kappa shape index (κ3) is 4.57.